The molecule has 0 aromatic heterocycles. The van der Waals surface area contributed by atoms with Crippen molar-refractivity contribution < 1.29 is 22.7 Å². The van der Waals surface area contributed by atoms with Gasteiger partial charge in [-0.05, 0) is 31.5 Å². The zero-order chi connectivity index (χ0) is 14.1. The second kappa shape index (κ2) is 4.89. The number of hydrogen-bond donors (Lipinski definition) is 1. The van der Waals surface area contributed by atoms with E-state index in [0.717, 1.165) is 12.1 Å². The summed E-state index contributed by atoms with van der Waals surface area (Å²) in [5.74, 6) is -2.42. The zero-order valence-electron chi connectivity index (χ0n) is 9.97. The third kappa shape index (κ3) is 2.43. The normalized spacial score (nSPS) is 13.1. The molecule has 0 saturated carbocycles. The Labute approximate surface area is 105 Å². The third-order valence-corrected chi connectivity index (χ3v) is 4.67. The molecule has 0 aliphatic rings. The first-order valence-corrected chi connectivity index (χ1v) is 6.66. The van der Waals surface area contributed by atoms with Crippen LogP contribution in [0.4, 0.5) is 4.39 Å². The quantitative estimate of drug-likeness (QED) is 0.673. The summed E-state index contributed by atoms with van der Waals surface area (Å²) >= 11 is 0. The molecule has 0 amide bonds. The van der Waals surface area contributed by atoms with Crippen molar-refractivity contribution in [1.29, 1.82) is 0 Å². The predicted octanol–water partition coefficient (Wildman–Crippen LogP) is 2.18. The summed E-state index contributed by atoms with van der Waals surface area (Å²) in [6.45, 7) is 6.12. The second-order valence-corrected chi connectivity index (χ2v) is 6.20. The Balaban J connectivity index is 3.54. The monoisotopic (exact) mass is 272 g/mol. The Morgan fingerprint density at radius 3 is 2.50 bits per heavy atom. The van der Waals surface area contributed by atoms with Gasteiger partial charge in [0.25, 0.3) is 0 Å². The summed E-state index contributed by atoms with van der Waals surface area (Å²) in [5.41, 5.74) is -0.672. The SMILES string of the molecule is C=CC(C)S(=O)(=O)c1cc(C)c(F)c(C(=O)O)c1. The van der Waals surface area contributed by atoms with Gasteiger partial charge in [-0.1, -0.05) is 6.08 Å². The summed E-state index contributed by atoms with van der Waals surface area (Å²) in [6, 6.07) is 1.96. The first-order chi connectivity index (χ1) is 8.21. The molecule has 0 radical (unpaired) electrons. The molecule has 1 rings (SSSR count). The smallest absolute Gasteiger partial charge is 0.338 e. The average molecular weight is 272 g/mol. The van der Waals surface area contributed by atoms with Crippen molar-refractivity contribution in [3.63, 3.8) is 0 Å². The molecule has 1 unspecified atom stereocenters. The van der Waals surface area contributed by atoms with Gasteiger partial charge >= 0.3 is 5.97 Å². The molecule has 4 nitrogen and oxygen atoms in total. The van der Waals surface area contributed by atoms with Crippen LogP contribution < -0.4 is 0 Å². The maximum absolute atomic E-state index is 13.5. The average Bonchev–Trinajstić information content (AvgIpc) is 2.30. The fourth-order valence-corrected chi connectivity index (χ4v) is 2.70. The van der Waals surface area contributed by atoms with Crippen LogP contribution in [0, 0.1) is 12.7 Å². The highest BCUT2D eigenvalue weighted by Gasteiger charge is 2.24. The summed E-state index contributed by atoms with van der Waals surface area (Å²) in [4.78, 5) is 10.6. The minimum Gasteiger partial charge on any atom is -0.478 e. The lowest BCUT2D eigenvalue weighted by molar-refractivity contribution is 0.0691. The maximum atomic E-state index is 13.5. The van der Waals surface area contributed by atoms with E-state index < -0.39 is 32.4 Å². The summed E-state index contributed by atoms with van der Waals surface area (Å²) in [5, 5.41) is 7.95. The largest absolute Gasteiger partial charge is 0.478 e. The number of hydrogen-bond acceptors (Lipinski definition) is 3. The Hall–Kier alpha value is -1.69. The number of sulfone groups is 1. The molecule has 0 aliphatic carbocycles. The van der Waals surface area contributed by atoms with Crippen molar-refractivity contribution in [3.05, 3.63) is 41.7 Å². The minimum absolute atomic E-state index is 0.0234. The van der Waals surface area contributed by atoms with Gasteiger partial charge in [0.15, 0.2) is 9.84 Å². The molecule has 18 heavy (non-hydrogen) atoms. The van der Waals surface area contributed by atoms with Gasteiger partial charge < -0.3 is 5.11 Å². The second-order valence-electron chi connectivity index (χ2n) is 3.89. The minimum atomic E-state index is -3.73. The van der Waals surface area contributed by atoms with Crippen molar-refractivity contribution in [2.24, 2.45) is 0 Å². The molecule has 0 bridgehead atoms. The molecule has 1 aromatic rings. The predicted molar refractivity (Wildman–Crippen MR) is 64.9 cm³/mol. The Morgan fingerprint density at radius 2 is 2.06 bits per heavy atom. The molecule has 6 heteroatoms. The van der Waals surface area contributed by atoms with Gasteiger partial charge in [0, 0.05) is 0 Å². The molecule has 0 aliphatic heterocycles. The molecule has 1 aromatic carbocycles. The van der Waals surface area contributed by atoms with Crippen LogP contribution in [-0.4, -0.2) is 24.7 Å². The summed E-state index contributed by atoms with van der Waals surface area (Å²) < 4.78 is 37.5. The fraction of sp³-hybridized carbons (Fsp3) is 0.250. The van der Waals surface area contributed by atoms with Crippen LogP contribution in [0.1, 0.15) is 22.8 Å². The third-order valence-electron chi connectivity index (χ3n) is 2.61. The molecular weight excluding hydrogens is 259 g/mol. The number of carboxylic acid groups (broad SMARTS) is 1. The highest BCUT2D eigenvalue weighted by atomic mass is 32.2. The number of benzene rings is 1. The van der Waals surface area contributed by atoms with Crippen LogP contribution in [0.25, 0.3) is 0 Å². The summed E-state index contributed by atoms with van der Waals surface area (Å²) in [6.07, 6.45) is 1.23. The number of carboxylic acids is 1. The Kier molecular flexibility index (Phi) is 3.91. The van der Waals surface area contributed by atoms with E-state index in [2.05, 4.69) is 6.58 Å². The maximum Gasteiger partial charge on any atom is 0.338 e. The molecule has 0 heterocycles. The van der Waals surface area contributed by atoms with E-state index in [-0.39, 0.29) is 10.5 Å². The topological polar surface area (TPSA) is 71.4 Å². The van der Waals surface area contributed by atoms with Crippen LogP contribution in [0.15, 0.2) is 29.7 Å². The van der Waals surface area contributed by atoms with Gasteiger partial charge in [-0.15, -0.1) is 6.58 Å². The van der Waals surface area contributed by atoms with E-state index in [1.807, 2.05) is 0 Å². The molecule has 98 valence electrons. The van der Waals surface area contributed by atoms with Crippen molar-refractivity contribution in [3.8, 4) is 0 Å². The van der Waals surface area contributed by atoms with Gasteiger partial charge in [0.1, 0.15) is 5.82 Å². The molecule has 0 fully saturated rings. The lowest BCUT2D eigenvalue weighted by Gasteiger charge is -2.11. The zero-order valence-corrected chi connectivity index (χ0v) is 10.8. The summed E-state index contributed by atoms with van der Waals surface area (Å²) in [7, 11) is -3.73. The van der Waals surface area contributed by atoms with Crippen LogP contribution in [0.3, 0.4) is 0 Å². The van der Waals surface area contributed by atoms with Gasteiger partial charge in [-0.2, -0.15) is 0 Å². The highest BCUT2D eigenvalue weighted by Crippen LogP contribution is 2.23. The highest BCUT2D eigenvalue weighted by molar-refractivity contribution is 7.92. The van der Waals surface area contributed by atoms with Gasteiger partial charge in [0.05, 0.1) is 15.7 Å². The molecule has 0 saturated heterocycles. The first kappa shape index (κ1) is 14.4. The van der Waals surface area contributed by atoms with E-state index in [4.69, 9.17) is 5.11 Å². The van der Waals surface area contributed by atoms with Crippen molar-refractivity contribution in [2.75, 3.05) is 0 Å². The lowest BCUT2D eigenvalue weighted by atomic mass is 10.1. The Bertz CT molecular complexity index is 605. The van der Waals surface area contributed by atoms with Crippen LogP contribution in [0.2, 0.25) is 0 Å². The molecular formula is C12H13FO4S. The molecule has 0 spiro atoms. The van der Waals surface area contributed by atoms with Crippen molar-refractivity contribution in [1.82, 2.24) is 0 Å². The number of aryl methyl sites for hydroxylation is 1. The van der Waals surface area contributed by atoms with Crippen LogP contribution in [-0.2, 0) is 9.84 Å². The van der Waals surface area contributed by atoms with E-state index in [1.165, 1.54) is 19.9 Å². The van der Waals surface area contributed by atoms with Crippen molar-refractivity contribution >= 4 is 15.8 Å². The van der Waals surface area contributed by atoms with Gasteiger partial charge in [-0.25, -0.2) is 17.6 Å². The number of aromatic carboxylic acids is 1. The number of halogens is 1. The first-order valence-electron chi connectivity index (χ1n) is 5.11. The van der Waals surface area contributed by atoms with E-state index in [9.17, 15) is 17.6 Å². The van der Waals surface area contributed by atoms with E-state index >= 15 is 0 Å². The van der Waals surface area contributed by atoms with Gasteiger partial charge in [-0.3, -0.25) is 0 Å². The van der Waals surface area contributed by atoms with Gasteiger partial charge in [0.2, 0.25) is 0 Å². The van der Waals surface area contributed by atoms with E-state index in [0.29, 0.717) is 0 Å². The molecule has 1 N–H and O–H groups in total. The Morgan fingerprint density at radius 1 is 1.50 bits per heavy atom. The molecule has 1 atom stereocenters. The van der Waals surface area contributed by atoms with Crippen LogP contribution >= 0.6 is 0 Å². The number of rotatable bonds is 4. The van der Waals surface area contributed by atoms with Crippen molar-refractivity contribution in [2.45, 2.75) is 24.0 Å². The lowest BCUT2D eigenvalue weighted by Crippen LogP contribution is -2.17. The standard InChI is InChI=1S/C12H13FO4S/c1-4-8(3)18(16,17)9-5-7(2)11(13)10(6-9)12(14)15/h4-6,8H,1H2,2-3H3,(H,14,15). The van der Waals surface area contributed by atoms with E-state index in [1.54, 1.807) is 0 Å². The van der Waals surface area contributed by atoms with Crippen LogP contribution in [0.5, 0.6) is 0 Å². The fourth-order valence-electron chi connectivity index (χ4n) is 1.40. The number of carbonyl (C=O) groups is 1.